The van der Waals surface area contributed by atoms with Gasteiger partial charge in [0, 0.05) is 15.8 Å². The van der Waals surface area contributed by atoms with E-state index in [4.69, 9.17) is 5.84 Å². The van der Waals surface area contributed by atoms with Crippen LogP contribution in [-0.4, -0.2) is 14.9 Å². The van der Waals surface area contributed by atoms with Crippen molar-refractivity contribution in [2.24, 2.45) is 0 Å². The van der Waals surface area contributed by atoms with Crippen molar-refractivity contribution in [1.82, 2.24) is 14.9 Å². The SMILES string of the molecule is Nn1c(SCc2ccc(Br)cc2)nnc1-c1ccccc1. The molecule has 0 bridgehead atoms. The fourth-order valence-corrected chi connectivity index (χ4v) is 2.96. The maximum Gasteiger partial charge on any atom is 0.210 e. The molecule has 0 saturated heterocycles. The molecular weight excluding hydrogens is 348 g/mol. The van der Waals surface area contributed by atoms with E-state index in [1.807, 2.05) is 42.5 Å². The third kappa shape index (κ3) is 3.28. The third-order valence-electron chi connectivity index (χ3n) is 2.98. The first-order valence-electron chi connectivity index (χ1n) is 6.37. The van der Waals surface area contributed by atoms with E-state index in [1.165, 1.54) is 5.56 Å². The first-order chi connectivity index (χ1) is 10.2. The van der Waals surface area contributed by atoms with E-state index < -0.39 is 0 Å². The highest BCUT2D eigenvalue weighted by Gasteiger charge is 2.11. The molecule has 0 saturated carbocycles. The monoisotopic (exact) mass is 360 g/mol. The summed E-state index contributed by atoms with van der Waals surface area (Å²) >= 11 is 5.00. The summed E-state index contributed by atoms with van der Waals surface area (Å²) in [5, 5.41) is 9.04. The van der Waals surface area contributed by atoms with Crippen LogP contribution in [-0.2, 0) is 5.75 Å². The van der Waals surface area contributed by atoms with Gasteiger partial charge in [0.05, 0.1) is 0 Å². The Morgan fingerprint density at radius 3 is 2.43 bits per heavy atom. The molecule has 1 heterocycles. The summed E-state index contributed by atoms with van der Waals surface area (Å²) < 4.78 is 2.61. The van der Waals surface area contributed by atoms with Crippen molar-refractivity contribution in [3.63, 3.8) is 0 Å². The Hall–Kier alpha value is -1.79. The van der Waals surface area contributed by atoms with Crippen LogP contribution in [0.4, 0.5) is 0 Å². The van der Waals surface area contributed by atoms with Gasteiger partial charge in [-0.25, -0.2) is 4.68 Å². The second-order valence-corrected chi connectivity index (χ2v) is 6.32. The van der Waals surface area contributed by atoms with Crippen LogP contribution in [0.1, 0.15) is 5.56 Å². The summed E-state index contributed by atoms with van der Waals surface area (Å²) in [7, 11) is 0. The van der Waals surface area contributed by atoms with Crippen molar-refractivity contribution in [1.29, 1.82) is 0 Å². The van der Waals surface area contributed by atoms with Gasteiger partial charge < -0.3 is 5.84 Å². The van der Waals surface area contributed by atoms with Crippen molar-refractivity contribution in [3.05, 3.63) is 64.6 Å². The largest absolute Gasteiger partial charge is 0.335 e. The van der Waals surface area contributed by atoms with Crippen LogP contribution in [0.15, 0.2) is 64.2 Å². The Morgan fingerprint density at radius 2 is 1.71 bits per heavy atom. The van der Waals surface area contributed by atoms with Crippen molar-refractivity contribution in [2.75, 3.05) is 5.84 Å². The molecule has 0 aliphatic heterocycles. The molecule has 0 aliphatic carbocycles. The van der Waals surface area contributed by atoms with Gasteiger partial charge >= 0.3 is 0 Å². The van der Waals surface area contributed by atoms with E-state index in [1.54, 1.807) is 16.4 Å². The average molecular weight is 361 g/mol. The molecule has 1 aromatic heterocycles. The van der Waals surface area contributed by atoms with Gasteiger partial charge in [-0.3, -0.25) is 0 Å². The average Bonchev–Trinajstić information content (AvgIpc) is 2.89. The summed E-state index contributed by atoms with van der Waals surface area (Å²) in [4.78, 5) is 0. The molecule has 0 fully saturated rings. The zero-order valence-corrected chi connectivity index (χ0v) is 13.5. The number of aromatic nitrogens is 3. The van der Waals surface area contributed by atoms with Gasteiger partial charge in [-0.15, -0.1) is 10.2 Å². The van der Waals surface area contributed by atoms with Crippen LogP contribution in [0.3, 0.4) is 0 Å². The summed E-state index contributed by atoms with van der Waals surface area (Å²) in [5.41, 5.74) is 2.18. The minimum Gasteiger partial charge on any atom is -0.335 e. The minimum absolute atomic E-state index is 0.675. The number of nitrogens with two attached hydrogens (primary N) is 1. The number of nitrogens with zero attached hydrogens (tertiary/aromatic N) is 3. The molecule has 106 valence electrons. The fraction of sp³-hybridized carbons (Fsp3) is 0.0667. The van der Waals surface area contributed by atoms with Crippen LogP contribution in [0.5, 0.6) is 0 Å². The number of nitrogen functional groups attached to an aromatic ring is 1. The number of rotatable bonds is 4. The zero-order valence-electron chi connectivity index (χ0n) is 11.1. The number of thioether (sulfide) groups is 1. The van der Waals surface area contributed by atoms with Gasteiger partial charge in [-0.1, -0.05) is 70.2 Å². The van der Waals surface area contributed by atoms with Gasteiger partial charge in [-0.05, 0) is 17.7 Å². The lowest BCUT2D eigenvalue weighted by Gasteiger charge is -2.04. The molecule has 0 amide bonds. The van der Waals surface area contributed by atoms with Gasteiger partial charge in [-0.2, -0.15) is 0 Å². The van der Waals surface area contributed by atoms with Crippen molar-refractivity contribution in [3.8, 4) is 11.4 Å². The minimum atomic E-state index is 0.675. The Bertz CT molecular complexity index is 725. The first kappa shape index (κ1) is 14.2. The Balaban J connectivity index is 1.75. The second kappa shape index (κ2) is 6.32. The molecule has 0 spiro atoms. The molecule has 0 atom stereocenters. The topological polar surface area (TPSA) is 56.7 Å². The highest BCUT2D eigenvalue weighted by molar-refractivity contribution is 9.10. The number of hydrogen-bond donors (Lipinski definition) is 1. The van der Waals surface area contributed by atoms with E-state index in [0.717, 1.165) is 15.8 Å². The van der Waals surface area contributed by atoms with Gasteiger partial charge in [0.15, 0.2) is 5.82 Å². The zero-order chi connectivity index (χ0) is 14.7. The molecule has 3 aromatic rings. The second-order valence-electron chi connectivity index (χ2n) is 4.46. The number of benzene rings is 2. The Labute approximate surface area is 135 Å². The number of halogens is 1. The molecule has 0 unspecified atom stereocenters. The maximum atomic E-state index is 6.09. The highest BCUT2D eigenvalue weighted by atomic mass is 79.9. The summed E-state index contributed by atoms with van der Waals surface area (Å²) in [5.74, 6) is 7.56. The molecule has 2 N–H and O–H groups in total. The van der Waals surface area contributed by atoms with Crippen LogP contribution in [0.25, 0.3) is 11.4 Å². The van der Waals surface area contributed by atoms with E-state index >= 15 is 0 Å². The molecule has 21 heavy (non-hydrogen) atoms. The lowest BCUT2D eigenvalue weighted by molar-refractivity contribution is 0.849. The fourth-order valence-electron chi connectivity index (χ4n) is 1.89. The normalized spacial score (nSPS) is 10.7. The molecule has 6 heteroatoms. The van der Waals surface area contributed by atoms with Crippen LogP contribution >= 0.6 is 27.7 Å². The quantitative estimate of drug-likeness (QED) is 0.569. The standard InChI is InChI=1S/C15H13BrN4S/c16-13-8-6-11(7-9-13)10-21-15-19-18-14(20(15)17)12-4-2-1-3-5-12/h1-9H,10,17H2. The third-order valence-corrected chi connectivity index (χ3v) is 4.52. The van der Waals surface area contributed by atoms with Crippen LogP contribution in [0, 0.1) is 0 Å². The molecule has 3 rings (SSSR count). The van der Waals surface area contributed by atoms with Gasteiger partial charge in [0.25, 0.3) is 0 Å². The Kier molecular flexibility index (Phi) is 4.26. The lowest BCUT2D eigenvalue weighted by atomic mass is 10.2. The molecular formula is C15H13BrN4S. The van der Waals surface area contributed by atoms with E-state index in [0.29, 0.717) is 11.0 Å². The Morgan fingerprint density at radius 1 is 1.00 bits per heavy atom. The summed E-state index contributed by atoms with van der Waals surface area (Å²) in [6.07, 6.45) is 0. The summed E-state index contributed by atoms with van der Waals surface area (Å²) in [6.45, 7) is 0. The van der Waals surface area contributed by atoms with Crippen LogP contribution < -0.4 is 5.84 Å². The lowest BCUT2D eigenvalue weighted by Crippen LogP contribution is -2.11. The maximum absolute atomic E-state index is 6.09. The van der Waals surface area contributed by atoms with Crippen molar-refractivity contribution < 1.29 is 0 Å². The smallest absolute Gasteiger partial charge is 0.210 e. The summed E-state index contributed by atoms with van der Waals surface area (Å²) in [6, 6.07) is 18.0. The molecule has 2 aromatic carbocycles. The van der Waals surface area contributed by atoms with Crippen molar-refractivity contribution in [2.45, 2.75) is 10.9 Å². The van der Waals surface area contributed by atoms with E-state index in [-0.39, 0.29) is 0 Å². The molecule has 0 aliphatic rings. The van der Waals surface area contributed by atoms with Gasteiger partial charge in [0.2, 0.25) is 5.16 Å². The van der Waals surface area contributed by atoms with Crippen LogP contribution in [0.2, 0.25) is 0 Å². The first-order valence-corrected chi connectivity index (χ1v) is 8.15. The molecule has 4 nitrogen and oxygen atoms in total. The predicted octanol–water partition coefficient (Wildman–Crippen LogP) is 3.71. The molecule has 0 radical (unpaired) electrons. The van der Waals surface area contributed by atoms with E-state index in [9.17, 15) is 0 Å². The van der Waals surface area contributed by atoms with Gasteiger partial charge in [0.1, 0.15) is 0 Å². The van der Waals surface area contributed by atoms with Crippen molar-refractivity contribution >= 4 is 27.7 Å². The predicted molar refractivity (Wildman–Crippen MR) is 89.3 cm³/mol. The highest BCUT2D eigenvalue weighted by Crippen LogP contribution is 2.24. The van der Waals surface area contributed by atoms with E-state index in [2.05, 4.69) is 38.3 Å². The number of hydrogen-bond acceptors (Lipinski definition) is 4.